The Morgan fingerprint density at radius 2 is 1.86 bits per heavy atom. The molecule has 22 heavy (non-hydrogen) atoms. The Labute approximate surface area is 134 Å². The molecule has 0 aliphatic heterocycles. The van der Waals surface area contributed by atoms with Gasteiger partial charge in [-0.1, -0.05) is 46.8 Å². The van der Waals surface area contributed by atoms with Crippen molar-refractivity contribution in [3.8, 4) is 5.75 Å². The molecular formula is C20H30O2. The first-order valence-electron chi connectivity index (χ1n) is 8.42. The molecule has 0 radical (unpaired) electrons. The van der Waals surface area contributed by atoms with E-state index in [4.69, 9.17) is 0 Å². The number of carbonyl (C=O) groups excluding carboxylic acids is 1. The molecule has 2 aliphatic rings. The average molecular weight is 302 g/mol. The molecule has 1 aromatic rings. The van der Waals surface area contributed by atoms with Crippen molar-refractivity contribution in [1.82, 2.24) is 0 Å². The zero-order valence-corrected chi connectivity index (χ0v) is 14.9. The first kappa shape index (κ1) is 17.1. The van der Waals surface area contributed by atoms with Crippen LogP contribution in [-0.2, 0) is 4.79 Å². The van der Waals surface area contributed by atoms with Crippen molar-refractivity contribution in [3.63, 3.8) is 0 Å². The number of rotatable bonds is 1. The molecule has 2 bridgehead atoms. The summed E-state index contributed by atoms with van der Waals surface area (Å²) < 4.78 is 0. The van der Waals surface area contributed by atoms with E-state index in [0.29, 0.717) is 23.4 Å². The number of carbonyl (C=O) groups is 1. The van der Waals surface area contributed by atoms with Gasteiger partial charge >= 0.3 is 0 Å². The molecule has 2 unspecified atom stereocenters. The number of hydrogen-bond donors (Lipinski definition) is 1. The van der Waals surface area contributed by atoms with Crippen LogP contribution >= 0.6 is 0 Å². The number of aromatic hydroxyl groups is 1. The summed E-state index contributed by atoms with van der Waals surface area (Å²) >= 11 is 0. The maximum absolute atomic E-state index is 11.6. The van der Waals surface area contributed by atoms with Gasteiger partial charge in [-0.15, -0.1) is 0 Å². The lowest BCUT2D eigenvalue weighted by Crippen LogP contribution is -2.32. The maximum atomic E-state index is 11.6. The zero-order chi connectivity index (χ0) is 16.7. The summed E-state index contributed by atoms with van der Waals surface area (Å²) in [7, 11) is 0. The summed E-state index contributed by atoms with van der Waals surface area (Å²) in [5.41, 5.74) is 2.43. The minimum Gasteiger partial charge on any atom is -0.508 e. The molecule has 1 aromatic carbocycles. The van der Waals surface area contributed by atoms with Gasteiger partial charge in [0.1, 0.15) is 11.5 Å². The fourth-order valence-corrected chi connectivity index (χ4v) is 4.04. The third kappa shape index (κ3) is 2.68. The van der Waals surface area contributed by atoms with Crippen molar-refractivity contribution in [2.45, 2.75) is 66.7 Å². The second-order valence-electron chi connectivity index (χ2n) is 8.13. The van der Waals surface area contributed by atoms with Crippen LogP contribution < -0.4 is 0 Å². The summed E-state index contributed by atoms with van der Waals surface area (Å²) in [6, 6.07) is 5.81. The molecule has 0 spiro atoms. The van der Waals surface area contributed by atoms with Crippen molar-refractivity contribution in [3.05, 3.63) is 29.3 Å². The van der Waals surface area contributed by atoms with Crippen molar-refractivity contribution in [1.29, 1.82) is 0 Å². The smallest absolute Gasteiger partial charge is 0.139 e. The van der Waals surface area contributed by atoms with Gasteiger partial charge < -0.3 is 5.11 Å². The van der Waals surface area contributed by atoms with Gasteiger partial charge in [0.05, 0.1) is 0 Å². The quantitative estimate of drug-likeness (QED) is 0.771. The molecule has 2 aliphatic carbocycles. The predicted molar refractivity (Wildman–Crippen MR) is 91.2 cm³/mol. The highest BCUT2D eigenvalue weighted by Gasteiger charge is 2.61. The van der Waals surface area contributed by atoms with Crippen LogP contribution in [0.4, 0.5) is 0 Å². The van der Waals surface area contributed by atoms with Gasteiger partial charge in [-0.05, 0) is 54.2 Å². The number of phenolic OH excluding ortho intramolecular Hbond substituents is 1. The molecule has 2 heteroatoms. The normalized spacial score (nSPS) is 28.7. The number of hydrogen-bond acceptors (Lipinski definition) is 2. The molecule has 0 saturated heterocycles. The molecule has 3 rings (SSSR count). The summed E-state index contributed by atoms with van der Waals surface area (Å²) in [6.45, 7) is 12.8. The number of phenols is 1. The molecular weight excluding hydrogens is 272 g/mol. The van der Waals surface area contributed by atoms with E-state index in [2.05, 4.69) is 34.6 Å². The van der Waals surface area contributed by atoms with Crippen LogP contribution in [0.5, 0.6) is 5.75 Å². The van der Waals surface area contributed by atoms with E-state index in [0.717, 1.165) is 24.0 Å². The number of Topliss-reactive ketones (excluding diaryl/α,β-unsaturated/α-hetero) is 1. The van der Waals surface area contributed by atoms with Crippen LogP contribution in [0.15, 0.2) is 18.2 Å². The van der Waals surface area contributed by atoms with Gasteiger partial charge in [0, 0.05) is 11.8 Å². The van der Waals surface area contributed by atoms with Crippen molar-refractivity contribution < 1.29 is 9.90 Å². The topological polar surface area (TPSA) is 37.3 Å². The Morgan fingerprint density at radius 1 is 1.23 bits per heavy atom. The highest BCUT2D eigenvalue weighted by atomic mass is 16.3. The summed E-state index contributed by atoms with van der Waals surface area (Å²) in [5.74, 6) is 2.01. The summed E-state index contributed by atoms with van der Waals surface area (Å²) in [5, 5.41) is 9.46. The Kier molecular flexibility index (Phi) is 4.43. The van der Waals surface area contributed by atoms with Gasteiger partial charge in [0.15, 0.2) is 0 Å². The fraction of sp³-hybridized carbons (Fsp3) is 0.650. The maximum Gasteiger partial charge on any atom is 0.139 e. The first-order valence-corrected chi connectivity index (χ1v) is 8.42. The van der Waals surface area contributed by atoms with Gasteiger partial charge in [-0.3, -0.25) is 4.79 Å². The average Bonchev–Trinajstić information content (AvgIpc) is 2.72. The van der Waals surface area contributed by atoms with E-state index >= 15 is 0 Å². The Morgan fingerprint density at radius 3 is 2.18 bits per heavy atom. The van der Waals surface area contributed by atoms with Crippen molar-refractivity contribution in [2.24, 2.45) is 16.7 Å². The monoisotopic (exact) mass is 302 g/mol. The number of ketones is 1. The molecule has 0 aromatic heterocycles. The minimum absolute atomic E-state index is 0.0255. The lowest BCUT2D eigenvalue weighted by atomic mass is 9.70. The SMILES string of the molecule is CC12CCC(CC1=O)C2(C)C.Cc1ccc(C(C)C)c(O)c1. The van der Waals surface area contributed by atoms with Gasteiger partial charge in [0.2, 0.25) is 0 Å². The van der Waals surface area contributed by atoms with Crippen LogP contribution in [0, 0.1) is 23.7 Å². The zero-order valence-electron chi connectivity index (χ0n) is 14.9. The lowest BCUT2D eigenvalue weighted by Gasteiger charge is -2.32. The van der Waals surface area contributed by atoms with Crippen molar-refractivity contribution in [2.75, 3.05) is 0 Å². The second-order valence-corrected chi connectivity index (χ2v) is 8.13. The van der Waals surface area contributed by atoms with E-state index < -0.39 is 0 Å². The Bertz CT molecular complexity index is 571. The van der Waals surface area contributed by atoms with E-state index in [-0.39, 0.29) is 10.8 Å². The van der Waals surface area contributed by atoms with E-state index in [1.54, 1.807) is 6.07 Å². The third-order valence-corrected chi connectivity index (χ3v) is 6.29. The molecule has 122 valence electrons. The first-order chi connectivity index (χ1) is 10.1. The summed E-state index contributed by atoms with van der Waals surface area (Å²) in [4.78, 5) is 11.6. The molecule has 2 nitrogen and oxygen atoms in total. The highest BCUT2D eigenvalue weighted by Crippen LogP contribution is 2.63. The molecule has 0 heterocycles. The van der Waals surface area contributed by atoms with E-state index in [9.17, 15) is 9.90 Å². The standard InChI is InChI=1S/C10H16O.C10H14O/c1-9(2)7-4-5-10(9,3)8(11)6-7;1-7(2)9-5-4-8(3)6-10(9)11/h7H,4-6H2,1-3H3;4-7,11H,1-3H3. The van der Waals surface area contributed by atoms with Gasteiger partial charge in [-0.2, -0.15) is 0 Å². The lowest BCUT2D eigenvalue weighted by molar-refractivity contribution is -0.128. The fourth-order valence-electron chi connectivity index (χ4n) is 4.04. The minimum atomic E-state index is 0.0255. The van der Waals surface area contributed by atoms with Crippen LogP contribution in [-0.4, -0.2) is 10.9 Å². The summed E-state index contributed by atoms with van der Waals surface area (Å²) in [6.07, 6.45) is 3.25. The van der Waals surface area contributed by atoms with Crippen LogP contribution in [0.25, 0.3) is 0 Å². The molecule has 1 N–H and O–H groups in total. The van der Waals surface area contributed by atoms with Crippen LogP contribution in [0.1, 0.15) is 70.9 Å². The molecule has 2 atom stereocenters. The highest BCUT2D eigenvalue weighted by molar-refractivity contribution is 5.89. The van der Waals surface area contributed by atoms with Gasteiger partial charge in [0.25, 0.3) is 0 Å². The van der Waals surface area contributed by atoms with E-state index in [1.165, 1.54) is 6.42 Å². The molecule has 0 amide bonds. The Hall–Kier alpha value is -1.31. The number of fused-ring (bicyclic) bond motifs is 2. The molecule has 2 fully saturated rings. The number of aryl methyl sites for hydroxylation is 1. The van der Waals surface area contributed by atoms with Crippen LogP contribution in [0.2, 0.25) is 0 Å². The van der Waals surface area contributed by atoms with Crippen molar-refractivity contribution >= 4 is 5.78 Å². The molecule has 2 saturated carbocycles. The third-order valence-electron chi connectivity index (χ3n) is 6.29. The van der Waals surface area contributed by atoms with Crippen LogP contribution in [0.3, 0.4) is 0 Å². The van der Waals surface area contributed by atoms with E-state index in [1.807, 2.05) is 19.1 Å². The second kappa shape index (κ2) is 5.72. The Balaban J connectivity index is 0.000000160. The van der Waals surface area contributed by atoms with Gasteiger partial charge in [-0.25, -0.2) is 0 Å². The largest absolute Gasteiger partial charge is 0.508 e. The predicted octanol–water partition coefficient (Wildman–Crippen LogP) is 5.23. The number of benzene rings is 1.